The number of hydrogen-bond acceptors (Lipinski definition) is 3. The lowest BCUT2D eigenvalue weighted by molar-refractivity contribution is 0.487. The topological polar surface area (TPSA) is 14.2 Å². The Bertz CT molecular complexity index is 4370. The van der Waals surface area contributed by atoms with Crippen LogP contribution in [0.1, 0.15) is 0 Å². The van der Waals surface area contributed by atoms with Gasteiger partial charge in [0.05, 0.1) is 16.7 Å². The van der Waals surface area contributed by atoms with Gasteiger partial charge in [-0.1, -0.05) is 188 Å². The van der Waals surface area contributed by atoms with Gasteiger partial charge in [-0.05, 0) is 102 Å². The summed E-state index contributed by atoms with van der Waals surface area (Å²) in [6, 6.07) is 88.3. The molecule has 0 amide bonds. The molecule has 4 heterocycles. The molecule has 0 N–H and O–H groups in total. The summed E-state index contributed by atoms with van der Waals surface area (Å²) in [5.41, 5.74) is 8.46. The Balaban J connectivity index is 1.05. The molecule has 1 aliphatic rings. The van der Waals surface area contributed by atoms with Gasteiger partial charge in [-0.2, -0.15) is 0 Å². The van der Waals surface area contributed by atoms with E-state index in [-0.39, 0.29) is 0 Å². The van der Waals surface area contributed by atoms with E-state index in [0.29, 0.717) is 0 Å². The summed E-state index contributed by atoms with van der Waals surface area (Å²) in [6.07, 6.45) is 0. The van der Waals surface area contributed by atoms with Crippen LogP contribution in [0.5, 0.6) is 11.5 Å². The van der Waals surface area contributed by atoms with E-state index in [2.05, 4.69) is 241 Å². The molecule has 0 radical (unpaired) electrons. The molecule has 322 valence electrons. The van der Waals surface area contributed by atoms with Crippen molar-refractivity contribution in [1.29, 1.82) is 0 Å². The number of fused-ring (bicyclic) bond motifs is 12. The lowest BCUT2D eigenvalue weighted by atomic mass is 10.0. The Morgan fingerprint density at radius 2 is 0.971 bits per heavy atom. The molecule has 0 spiro atoms. The van der Waals surface area contributed by atoms with E-state index < -0.39 is 8.07 Å². The zero-order chi connectivity index (χ0) is 45.2. The molecule has 11 aromatic carbocycles. The largest absolute Gasteiger partial charge is 0.458 e. The number of nitrogens with zero attached hydrogens (tertiary/aromatic N) is 1. The van der Waals surface area contributed by atoms with Crippen molar-refractivity contribution in [2.45, 2.75) is 0 Å². The lowest BCUT2D eigenvalue weighted by Crippen LogP contribution is -2.76. The number of para-hydroxylation sites is 3. The number of hydrogen-bond donors (Lipinski definition) is 0. The SMILES string of the molecule is c1ccc(-c2ccc3cc([Si]4(c5ccc(-n6c7ccccc7c7ccccc76)c6c5sc5ccccc56)c5ccccc5Oc5cc(-c6cccc7c6sc6ccccc67)ccc54)ccc3c2)cc1. The van der Waals surface area contributed by atoms with E-state index in [1.165, 1.54) is 116 Å². The van der Waals surface area contributed by atoms with Crippen LogP contribution in [0.25, 0.3) is 101 Å². The summed E-state index contributed by atoms with van der Waals surface area (Å²) in [6.45, 7) is 0. The van der Waals surface area contributed by atoms with Crippen molar-refractivity contribution in [2.24, 2.45) is 0 Å². The Morgan fingerprint density at radius 1 is 0.362 bits per heavy atom. The molecule has 69 heavy (non-hydrogen) atoms. The highest BCUT2D eigenvalue weighted by atomic mass is 32.1. The fourth-order valence-corrected chi connectivity index (χ4v) is 19.7. The second-order valence-electron chi connectivity index (χ2n) is 18.3. The number of rotatable bonds is 5. The standard InChI is InChI=1S/C64H39NOS2Si/c1-2-15-40(16-3-1)41-29-30-43-38-45(33-31-42(43)37-41)69(59-28-13-10-25-55(59)66-56-39-44(32-35-60(56)69)46-21-14-22-50-49-19-6-11-26-57(49)67-63(46)50)61-36-34-54(62-51-20-7-12-27-58(51)68-64(61)62)65-52-23-8-4-17-47(52)48-18-5-9-24-53(48)65/h1-39H. The molecule has 0 aliphatic carbocycles. The molecular weight excluding hydrogens is 891 g/mol. The number of thiophene rings is 2. The van der Waals surface area contributed by atoms with E-state index in [1.807, 2.05) is 22.7 Å². The summed E-state index contributed by atoms with van der Waals surface area (Å²) in [5.74, 6) is 1.85. The predicted molar refractivity (Wildman–Crippen MR) is 299 cm³/mol. The quantitative estimate of drug-likeness (QED) is 0.157. The van der Waals surface area contributed by atoms with E-state index in [4.69, 9.17) is 4.74 Å². The summed E-state index contributed by atoms with van der Waals surface area (Å²) in [4.78, 5) is 0. The van der Waals surface area contributed by atoms with Gasteiger partial charge in [-0.15, -0.1) is 22.7 Å². The van der Waals surface area contributed by atoms with Gasteiger partial charge in [-0.25, -0.2) is 0 Å². The zero-order valence-electron chi connectivity index (χ0n) is 37.2. The van der Waals surface area contributed by atoms with Gasteiger partial charge >= 0.3 is 0 Å². The second-order valence-corrected chi connectivity index (χ2v) is 24.1. The number of aromatic nitrogens is 1. The van der Waals surface area contributed by atoms with Gasteiger partial charge in [0.25, 0.3) is 0 Å². The maximum atomic E-state index is 7.25. The van der Waals surface area contributed by atoms with Gasteiger partial charge in [0.15, 0.2) is 8.07 Å². The van der Waals surface area contributed by atoms with Crippen LogP contribution in [0.3, 0.4) is 0 Å². The van der Waals surface area contributed by atoms with Gasteiger partial charge in [0.1, 0.15) is 11.5 Å². The van der Waals surface area contributed by atoms with Gasteiger partial charge in [0, 0.05) is 51.1 Å². The van der Waals surface area contributed by atoms with E-state index in [9.17, 15) is 0 Å². The Labute approximate surface area is 407 Å². The minimum Gasteiger partial charge on any atom is -0.458 e. The number of ether oxygens (including phenoxy) is 1. The van der Waals surface area contributed by atoms with Crippen LogP contribution in [0.15, 0.2) is 237 Å². The third kappa shape index (κ3) is 5.64. The molecule has 0 saturated heterocycles. The summed E-state index contributed by atoms with van der Waals surface area (Å²) in [7, 11) is -3.24. The molecule has 3 aromatic heterocycles. The van der Waals surface area contributed by atoms with Gasteiger partial charge < -0.3 is 9.30 Å². The third-order valence-electron chi connectivity index (χ3n) is 14.7. The first-order valence-corrected chi connectivity index (χ1v) is 27.2. The second kappa shape index (κ2) is 15.0. The average Bonchev–Trinajstić information content (AvgIpc) is 4.10. The van der Waals surface area contributed by atoms with Crippen LogP contribution >= 0.6 is 22.7 Å². The Hall–Kier alpha value is -8.06. The molecule has 5 heteroatoms. The molecule has 0 fully saturated rings. The first-order valence-electron chi connectivity index (χ1n) is 23.6. The summed E-state index contributed by atoms with van der Waals surface area (Å²) >= 11 is 3.81. The van der Waals surface area contributed by atoms with Crippen molar-refractivity contribution in [1.82, 2.24) is 4.57 Å². The first kappa shape index (κ1) is 39.0. The van der Waals surface area contributed by atoms with E-state index >= 15 is 0 Å². The maximum Gasteiger partial charge on any atom is 0.189 e. The highest BCUT2D eigenvalue weighted by Gasteiger charge is 2.49. The van der Waals surface area contributed by atoms with Crippen molar-refractivity contribution in [3.8, 4) is 39.4 Å². The molecule has 1 atom stereocenters. The van der Waals surface area contributed by atoms with Crippen molar-refractivity contribution in [2.75, 3.05) is 0 Å². The molecule has 0 bridgehead atoms. The molecule has 0 saturated carbocycles. The van der Waals surface area contributed by atoms with E-state index in [0.717, 1.165) is 17.1 Å². The van der Waals surface area contributed by atoms with E-state index in [1.54, 1.807) is 0 Å². The third-order valence-corrected chi connectivity index (χ3v) is 22.2. The molecule has 2 nitrogen and oxygen atoms in total. The highest BCUT2D eigenvalue weighted by molar-refractivity contribution is 7.31. The molecular formula is C64H39NOS2Si. The summed E-state index contributed by atoms with van der Waals surface area (Å²) in [5, 5.41) is 15.4. The minimum absolute atomic E-state index is 0.925. The normalized spacial score (nSPS) is 14.6. The molecule has 1 unspecified atom stereocenters. The fraction of sp³-hybridized carbons (Fsp3) is 0. The zero-order valence-corrected chi connectivity index (χ0v) is 39.8. The van der Waals surface area contributed by atoms with Crippen LogP contribution in [-0.2, 0) is 0 Å². The van der Waals surface area contributed by atoms with Crippen LogP contribution < -0.4 is 25.5 Å². The lowest BCUT2D eigenvalue weighted by Gasteiger charge is -2.40. The average molecular weight is 930 g/mol. The highest BCUT2D eigenvalue weighted by Crippen LogP contribution is 2.44. The predicted octanol–water partition coefficient (Wildman–Crippen LogP) is 15.5. The van der Waals surface area contributed by atoms with Crippen LogP contribution in [0.2, 0.25) is 0 Å². The van der Waals surface area contributed by atoms with Crippen LogP contribution in [0, 0.1) is 0 Å². The Kier molecular flexibility index (Phi) is 8.46. The molecule has 15 rings (SSSR count). The maximum absolute atomic E-state index is 7.25. The first-order chi connectivity index (χ1) is 34.2. The minimum atomic E-state index is -3.24. The van der Waals surface area contributed by atoms with Crippen molar-refractivity contribution < 1.29 is 4.74 Å². The monoisotopic (exact) mass is 929 g/mol. The molecule has 1 aliphatic heterocycles. The van der Waals surface area contributed by atoms with Gasteiger partial charge in [-0.3, -0.25) is 0 Å². The van der Waals surface area contributed by atoms with Crippen LogP contribution in [0.4, 0.5) is 0 Å². The van der Waals surface area contributed by atoms with Gasteiger partial charge in [0.2, 0.25) is 0 Å². The summed E-state index contributed by atoms with van der Waals surface area (Å²) < 4.78 is 15.0. The fourth-order valence-electron chi connectivity index (χ4n) is 11.7. The smallest absolute Gasteiger partial charge is 0.189 e. The van der Waals surface area contributed by atoms with Crippen molar-refractivity contribution in [3.05, 3.63) is 237 Å². The van der Waals surface area contributed by atoms with Crippen molar-refractivity contribution in [3.63, 3.8) is 0 Å². The number of benzene rings is 11. The molecule has 14 aromatic rings. The Morgan fingerprint density at radius 3 is 1.80 bits per heavy atom. The van der Waals surface area contributed by atoms with Crippen molar-refractivity contribution >= 4 is 124 Å². The van der Waals surface area contributed by atoms with Crippen LogP contribution in [-0.4, -0.2) is 12.6 Å².